The Balaban J connectivity index is 1.82. The Bertz CT molecular complexity index is 605. The first kappa shape index (κ1) is 12.9. The number of nitrogens with zero attached hydrogens (tertiary/aromatic N) is 2. The minimum Gasteiger partial charge on any atom is -0.481 e. The van der Waals surface area contributed by atoms with Crippen LogP contribution in [0.2, 0.25) is 0 Å². The van der Waals surface area contributed by atoms with E-state index in [0.717, 1.165) is 12.1 Å². The van der Waals surface area contributed by atoms with E-state index >= 15 is 0 Å². The molecule has 0 aliphatic heterocycles. The van der Waals surface area contributed by atoms with Crippen molar-refractivity contribution in [3.8, 4) is 0 Å². The molecule has 2 N–H and O–H groups in total. The molecule has 6 heteroatoms. The highest BCUT2D eigenvalue weighted by atomic mass is 16.4. The molecular weight excluding hydrogens is 258 g/mol. The molecule has 20 heavy (non-hydrogen) atoms. The van der Waals surface area contributed by atoms with Crippen molar-refractivity contribution in [3.63, 3.8) is 0 Å². The number of allylic oxidation sites excluding steroid dienone is 2. The van der Waals surface area contributed by atoms with Crippen LogP contribution in [0.3, 0.4) is 0 Å². The number of nitrogens with one attached hydrogen (secondary N) is 1. The third kappa shape index (κ3) is 1.83. The first-order chi connectivity index (χ1) is 9.49. The monoisotopic (exact) mass is 275 g/mol. The summed E-state index contributed by atoms with van der Waals surface area (Å²) in [7, 11) is 1.80. The second-order valence-electron chi connectivity index (χ2n) is 5.59. The average molecular weight is 275 g/mol. The van der Waals surface area contributed by atoms with E-state index < -0.39 is 17.8 Å². The summed E-state index contributed by atoms with van der Waals surface area (Å²) in [6.07, 6.45) is 6.26. The zero-order valence-corrected chi connectivity index (χ0v) is 11.4. The van der Waals surface area contributed by atoms with Crippen LogP contribution in [0.5, 0.6) is 0 Å². The van der Waals surface area contributed by atoms with Gasteiger partial charge in [0.25, 0.3) is 0 Å². The molecule has 2 aliphatic rings. The fourth-order valence-electron chi connectivity index (χ4n) is 3.35. The van der Waals surface area contributed by atoms with Gasteiger partial charge in [-0.3, -0.25) is 14.3 Å². The van der Waals surface area contributed by atoms with E-state index in [1.54, 1.807) is 17.9 Å². The lowest BCUT2D eigenvalue weighted by atomic mass is 9.82. The predicted octanol–water partition coefficient (Wildman–Crippen LogP) is 1.19. The van der Waals surface area contributed by atoms with Gasteiger partial charge in [-0.15, -0.1) is 0 Å². The summed E-state index contributed by atoms with van der Waals surface area (Å²) < 4.78 is 1.67. The molecule has 3 rings (SSSR count). The average Bonchev–Trinajstić information content (AvgIpc) is 3.08. The van der Waals surface area contributed by atoms with Crippen LogP contribution in [-0.4, -0.2) is 26.8 Å². The van der Waals surface area contributed by atoms with Gasteiger partial charge in [0.1, 0.15) is 0 Å². The summed E-state index contributed by atoms with van der Waals surface area (Å²) in [5.41, 5.74) is 1.50. The van der Waals surface area contributed by atoms with Gasteiger partial charge >= 0.3 is 5.97 Å². The number of aliphatic carboxylic acids is 1. The van der Waals surface area contributed by atoms with E-state index in [1.807, 2.05) is 19.1 Å². The van der Waals surface area contributed by atoms with Crippen LogP contribution < -0.4 is 5.32 Å². The van der Waals surface area contributed by atoms with Crippen molar-refractivity contribution in [2.75, 3.05) is 5.32 Å². The molecule has 6 nitrogen and oxygen atoms in total. The Hall–Kier alpha value is -2.11. The number of carboxylic acids is 1. The molecule has 1 heterocycles. The van der Waals surface area contributed by atoms with Crippen LogP contribution in [0.25, 0.3) is 0 Å². The van der Waals surface area contributed by atoms with Gasteiger partial charge in [0.05, 0.1) is 29.4 Å². The standard InChI is InChI=1S/C14H17N3O3/c1-7-10(6-15-17(7)2)16-13(18)11-8-3-4-9(5-8)12(11)14(19)20/h3-4,6,8-9,11-12H,5H2,1-2H3,(H,16,18)(H,19,20)/t8-,9+,11-,12+/m1/s1. The van der Waals surface area contributed by atoms with E-state index in [2.05, 4.69) is 10.4 Å². The molecule has 1 aromatic rings. The van der Waals surface area contributed by atoms with Crippen molar-refractivity contribution in [2.45, 2.75) is 13.3 Å². The molecule has 1 saturated carbocycles. The van der Waals surface area contributed by atoms with Crippen molar-refractivity contribution in [1.29, 1.82) is 0 Å². The van der Waals surface area contributed by atoms with Gasteiger partial charge in [-0.25, -0.2) is 0 Å². The molecule has 4 atom stereocenters. The number of hydrogen-bond acceptors (Lipinski definition) is 3. The zero-order valence-electron chi connectivity index (χ0n) is 11.4. The van der Waals surface area contributed by atoms with E-state index in [9.17, 15) is 14.7 Å². The number of rotatable bonds is 3. The van der Waals surface area contributed by atoms with Gasteiger partial charge in [0, 0.05) is 7.05 Å². The summed E-state index contributed by atoms with van der Waals surface area (Å²) in [6.45, 7) is 1.86. The number of carboxylic acid groups (broad SMARTS) is 1. The molecular formula is C14H17N3O3. The van der Waals surface area contributed by atoms with Gasteiger partial charge in [0.15, 0.2) is 0 Å². The fraction of sp³-hybridized carbons (Fsp3) is 0.500. The van der Waals surface area contributed by atoms with Crippen molar-refractivity contribution >= 4 is 17.6 Å². The third-order valence-corrected chi connectivity index (χ3v) is 4.54. The molecule has 1 fully saturated rings. The highest BCUT2D eigenvalue weighted by molar-refractivity contribution is 5.96. The number of aryl methyl sites for hydroxylation is 1. The van der Waals surface area contributed by atoms with Crippen molar-refractivity contribution < 1.29 is 14.7 Å². The Morgan fingerprint density at radius 1 is 1.35 bits per heavy atom. The SMILES string of the molecule is Cc1c(NC(=O)[C@H]2[C@@H](C(=O)O)[C@H]3C=C[C@@H]2C3)cnn1C. The largest absolute Gasteiger partial charge is 0.481 e. The Kier molecular flexibility index (Phi) is 2.88. The Morgan fingerprint density at radius 2 is 2.00 bits per heavy atom. The van der Waals surface area contributed by atoms with E-state index in [1.165, 1.54) is 0 Å². The van der Waals surface area contributed by atoms with Gasteiger partial charge in [-0.1, -0.05) is 12.2 Å². The van der Waals surface area contributed by atoms with E-state index in [0.29, 0.717) is 5.69 Å². The lowest BCUT2D eigenvalue weighted by molar-refractivity contribution is -0.146. The number of carbonyl (C=O) groups excluding carboxylic acids is 1. The van der Waals surface area contributed by atoms with Crippen LogP contribution in [0.1, 0.15) is 12.1 Å². The van der Waals surface area contributed by atoms with Crippen LogP contribution in [0, 0.1) is 30.6 Å². The lowest BCUT2D eigenvalue weighted by Crippen LogP contribution is -2.36. The van der Waals surface area contributed by atoms with Gasteiger partial charge < -0.3 is 10.4 Å². The van der Waals surface area contributed by atoms with E-state index in [-0.39, 0.29) is 17.7 Å². The topological polar surface area (TPSA) is 84.2 Å². The number of anilines is 1. The summed E-state index contributed by atoms with van der Waals surface area (Å²) >= 11 is 0. The van der Waals surface area contributed by atoms with Crippen LogP contribution >= 0.6 is 0 Å². The highest BCUT2D eigenvalue weighted by Crippen LogP contribution is 2.48. The molecule has 106 valence electrons. The van der Waals surface area contributed by atoms with Gasteiger partial charge in [-0.2, -0.15) is 5.10 Å². The van der Waals surface area contributed by atoms with Crippen LogP contribution in [0.15, 0.2) is 18.3 Å². The van der Waals surface area contributed by atoms with Crippen molar-refractivity contribution in [2.24, 2.45) is 30.7 Å². The minimum atomic E-state index is -0.884. The van der Waals surface area contributed by atoms with Gasteiger partial charge in [0.2, 0.25) is 5.91 Å². The van der Waals surface area contributed by atoms with E-state index in [4.69, 9.17) is 0 Å². The second-order valence-corrected chi connectivity index (χ2v) is 5.59. The molecule has 0 aromatic carbocycles. The van der Waals surface area contributed by atoms with Gasteiger partial charge in [-0.05, 0) is 25.2 Å². The summed E-state index contributed by atoms with van der Waals surface area (Å²) in [5.74, 6) is -2.17. The van der Waals surface area contributed by atoms with Crippen molar-refractivity contribution in [1.82, 2.24) is 9.78 Å². The highest BCUT2D eigenvalue weighted by Gasteiger charge is 2.51. The predicted molar refractivity (Wildman–Crippen MR) is 71.9 cm³/mol. The summed E-state index contributed by atoms with van der Waals surface area (Å²) in [6, 6.07) is 0. The molecule has 0 radical (unpaired) electrons. The fourth-order valence-corrected chi connectivity index (χ4v) is 3.35. The number of aromatic nitrogens is 2. The molecule has 0 saturated heterocycles. The summed E-state index contributed by atoms with van der Waals surface area (Å²) in [4.78, 5) is 23.8. The van der Waals surface area contributed by atoms with Crippen molar-refractivity contribution in [3.05, 3.63) is 24.0 Å². The maximum atomic E-state index is 12.4. The number of hydrogen-bond donors (Lipinski definition) is 2. The smallest absolute Gasteiger partial charge is 0.307 e. The quantitative estimate of drug-likeness (QED) is 0.812. The molecule has 2 bridgehead atoms. The first-order valence-electron chi connectivity index (χ1n) is 6.69. The molecule has 2 aliphatic carbocycles. The zero-order chi connectivity index (χ0) is 14.4. The summed E-state index contributed by atoms with van der Waals surface area (Å²) in [5, 5.41) is 16.2. The molecule has 0 unspecified atom stereocenters. The first-order valence-corrected chi connectivity index (χ1v) is 6.69. The maximum absolute atomic E-state index is 12.4. The minimum absolute atomic E-state index is 0.0109. The maximum Gasteiger partial charge on any atom is 0.307 e. The Labute approximate surface area is 116 Å². The number of amides is 1. The molecule has 1 amide bonds. The molecule has 0 spiro atoms. The normalized spacial score (nSPS) is 30.7. The lowest BCUT2D eigenvalue weighted by Gasteiger charge is -2.23. The number of fused-ring (bicyclic) bond motifs is 2. The molecule has 1 aromatic heterocycles. The third-order valence-electron chi connectivity index (χ3n) is 4.54. The van der Waals surface area contributed by atoms with Crippen LogP contribution in [-0.2, 0) is 16.6 Å². The van der Waals surface area contributed by atoms with Crippen LogP contribution in [0.4, 0.5) is 5.69 Å². The second kappa shape index (κ2) is 4.47. The Morgan fingerprint density at radius 3 is 2.55 bits per heavy atom. The number of carbonyl (C=O) groups is 2.